The quantitative estimate of drug-likeness (QED) is 0.620. The smallest absolute Gasteiger partial charge is 0.357 e. The summed E-state index contributed by atoms with van der Waals surface area (Å²) >= 11 is 0. The van der Waals surface area contributed by atoms with Gasteiger partial charge in [0, 0.05) is 12.5 Å². The van der Waals surface area contributed by atoms with Crippen LogP contribution in [0, 0.1) is 23.2 Å². The lowest BCUT2D eigenvalue weighted by molar-refractivity contribution is -0.156. The van der Waals surface area contributed by atoms with E-state index in [1.54, 1.807) is 0 Å². The lowest BCUT2D eigenvalue weighted by Gasteiger charge is -2.61. The molecule has 0 spiro atoms. The third-order valence-corrected chi connectivity index (χ3v) is 6.58. The number of nitrogens with zero attached hydrogens (tertiary/aromatic N) is 2. The molecule has 0 aliphatic heterocycles. The summed E-state index contributed by atoms with van der Waals surface area (Å²) < 4.78 is 28.6. The minimum absolute atomic E-state index is 0.00821. The molecule has 23 heavy (non-hydrogen) atoms. The molecule has 1 aromatic rings. The second-order valence-corrected chi connectivity index (χ2v) is 9.31. The van der Waals surface area contributed by atoms with E-state index in [4.69, 9.17) is 4.74 Å². The van der Waals surface area contributed by atoms with Crippen LogP contribution in [0.1, 0.15) is 44.1 Å². The van der Waals surface area contributed by atoms with Crippen molar-refractivity contribution in [1.29, 1.82) is 0 Å². The first-order chi connectivity index (χ1) is 10.6. The Morgan fingerprint density at radius 2 is 2.04 bits per heavy atom. The summed E-state index contributed by atoms with van der Waals surface area (Å²) in [6, 6.07) is 1.38. The number of carbonyl (C=O) groups is 1. The lowest BCUT2D eigenvalue weighted by Crippen LogP contribution is -2.57. The van der Waals surface area contributed by atoms with Gasteiger partial charge in [-0.05, 0) is 42.1 Å². The summed E-state index contributed by atoms with van der Waals surface area (Å²) in [5.74, 6) is 0.873. The Bertz CT molecular complexity index is 744. The molecule has 0 unspecified atom stereocenters. The van der Waals surface area contributed by atoms with Crippen molar-refractivity contribution in [2.24, 2.45) is 23.2 Å². The van der Waals surface area contributed by atoms with Crippen molar-refractivity contribution in [2.75, 3.05) is 6.26 Å². The molecule has 3 fully saturated rings. The molecule has 0 amide bonds. The van der Waals surface area contributed by atoms with Gasteiger partial charge in [-0.15, -0.1) is 0 Å². The maximum Gasteiger partial charge on any atom is 0.357 e. The molecule has 0 aromatic carbocycles. The summed E-state index contributed by atoms with van der Waals surface area (Å²) in [6.45, 7) is 6.69. The molecule has 0 N–H and O–H groups in total. The Hall–Kier alpha value is -1.50. The second-order valence-electron chi connectivity index (χ2n) is 7.40. The predicted octanol–water partition coefficient (Wildman–Crippen LogP) is 2.11. The van der Waals surface area contributed by atoms with Gasteiger partial charge in [0.25, 0.3) is 0 Å². The molecule has 0 radical (unpaired) electrons. The Balaban J connectivity index is 1.74. The number of ether oxygens (including phenoxy) is 1. The van der Waals surface area contributed by atoms with Gasteiger partial charge in [-0.1, -0.05) is 20.8 Å². The summed E-state index contributed by atoms with van der Waals surface area (Å²) in [4.78, 5) is 19.8. The summed E-state index contributed by atoms with van der Waals surface area (Å²) in [7, 11) is -3.55. The van der Waals surface area contributed by atoms with Gasteiger partial charge in [0.05, 0.1) is 0 Å². The zero-order valence-electron chi connectivity index (χ0n) is 13.8. The maximum atomic E-state index is 12.3. The van der Waals surface area contributed by atoms with Crippen LogP contribution in [0.25, 0.3) is 0 Å². The Morgan fingerprint density at radius 1 is 1.35 bits per heavy atom. The van der Waals surface area contributed by atoms with Crippen LogP contribution in [0.4, 0.5) is 0 Å². The Labute approximate surface area is 136 Å². The van der Waals surface area contributed by atoms with Crippen LogP contribution in [-0.4, -0.2) is 36.7 Å². The third kappa shape index (κ3) is 2.75. The van der Waals surface area contributed by atoms with Gasteiger partial charge in [-0.25, -0.2) is 23.2 Å². The van der Waals surface area contributed by atoms with Crippen LogP contribution in [0.2, 0.25) is 0 Å². The number of hydrogen-bond donors (Lipinski definition) is 0. The molecule has 3 saturated carbocycles. The van der Waals surface area contributed by atoms with Crippen LogP contribution in [0.3, 0.4) is 0 Å². The van der Waals surface area contributed by atoms with E-state index in [1.807, 2.05) is 0 Å². The van der Waals surface area contributed by atoms with Crippen molar-refractivity contribution >= 4 is 15.8 Å². The topological polar surface area (TPSA) is 86.2 Å². The van der Waals surface area contributed by atoms with Crippen molar-refractivity contribution in [3.05, 3.63) is 18.0 Å². The molecular weight excluding hydrogens is 316 g/mol. The fourth-order valence-electron chi connectivity index (χ4n) is 4.09. The lowest BCUT2D eigenvalue weighted by atomic mass is 9.45. The molecule has 4 rings (SSSR count). The molecule has 3 aliphatic rings. The van der Waals surface area contributed by atoms with Crippen LogP contribution in [0.5, 0.6) is 0 Å². The standard InChI is InChI=1S/C16H22N2O4S/c1-9-11-7-10(16(11,2)3)8-13(9)22-14(19)12-5-6-17-15(18-12)23(4,20)21/h5-6,9-11,13H,7-8H2,1-4H3/t9-,10-,11-,13-/m1/s1. The molecule has 1 heterocycles. The molecule has 1 aromatic heterocycles. The van der Waals surface area contributed by atoms with E-state index in [-0.39, 0.29) is 17.0 Å². The minimum atomic E-state index is -3.55. The van der Waals surface area contributed by atoms with Crippen molar-refractivity contribution < 1.29 is 17.9 Å². The van der Waals surface area contributed by atoms with Crippen LogP contribution >= 0.6 is 0 Å². The van der Waals surface area contributed by atoms with E-state index in [2.05, 4.69) is 30.7 Å². The minimum Gasteiger partial charge on any atom is -0.457 e. The largest absolute Gasteiger partial charge is 0.457 e. The van der Waals surface area contributed by atoms with E-state index in [0.29, 0.717) is 23.2 Å². The van der Waals surface area contributed by atoms with E-state index in [1.165, 1.54) is 18.7 Å². The molecule has 7 heteroatoms. The number of fused-ring (bicyclic) bond motifs is 2. The van der Waals surface area contributed by atoms with Gasteiger partial charge in [-0.3, -0.25) is 0 Å². The average Bonchev–Trinajstić information content (AvgIpc) is 2.48. The number of esters is 1. The highest BCUT2D eigenvalue weighted by Crippen LogP contribution is 2.61. The Morgan fingerprint density at radius 3 is 2.61 bits per heavy atom. The van der Waals surface area contributed by atoms with Gasteiger partial charge in [0.1, 0.15) is 6.10 Å². The fraction of sp³-hybridized carbons (Fsp3) is 0.688. The summed E-state index contributed by atoms with van der Waals surface area (Å²) in [5.41, 5.74) is 0.312. The van der Waals surface area contributed by atoms with Crippen molar-refractivity contribution in [1.82, 2.24) is 9.97 Å². The first kappa shape index (κ1) is 16.4. The van der Waals surface area contributed by atoms with Gasteiger partial charge < -0.3 is 4.74 Å². The van der Waals surface area contributed by atoms with Crippen LogP contribution in [0.15, 0.2) is 17.4 Å². The third-order valence-electron chi connectivity index (χ3n) is 5.72. The van der Waals surface area contributed by atoms with E-state index < -0.39 is 15.8 Å². The van der Waals surface area contributed by atoms with Crippen molar-refractivity contribution in [2.45, 2.75) is 44.9 Å². The predicted molar refractivity (Wildman–Crippen MR) is 83.5 cm³/mol. The van der Waals surface area contributed by atoms with Crippen LogP contribution in [-0.2, 0) is 14.6 Å². The summed E-state index contributed by atoms with van der Waals surface area (Å²) in [5, 5.41) is -0.354. The first-order valence-corrected chi connectivity index (χ1v) is 9.74. The number of aromatic nitrogens is 2. The zero-order valence-corrected chi connectivity index (χ0v) is 14.6. The highest BCUT2D eigenvalue weighted by Gasteiger charge is 2.57. The summed E-state index contributed by atoms with van der Waals surface area (Å²) in [6.07, 6.45) is 4.21. The van der Waals surface area contributed by atoms with E-state index in [9.17, 15) is 13.2 Å². The molecular formula is C16H22N2O4S. The molecule has 126 valence electrons. The van der Waals surface area contributed by atoms with E-state index in [0.717, 1.165) is 12.7 Å². The fourth-order valence-corrected chi connectivity index (χ4v) is 4.61. The number of rotatable bonds is 3. The maximum absolute atomic E-state index is 12.3. The first-order valence-electron chi connectivity index (χ1n) is 7.85. The average molecular weight is 338 g/mol. The highest BCUT2D eigenvalue weighted by molar-refractivity contribution is 7.90. The monoisotopic (exact) mass is 338 g/mol. The highest BCUT2D eigenvalue weighted by atomic mass is 32.2. The number of sulfone groups is 1. The Kier molecular flexibility index (Phi) is 3.74. The van der Waals surface area contributed by atoms with Crippen LogP contribution < -0.4 is 0 Å². The van der Waals surface area contributed by atoms with Gasteiger partial charge in [0.2, 0.25) is 15.0 Å². The normalized spacial score (nSPS) is 32.0. The zero-order chi connectivity index (χ0) is 17.0. The number of carbonyl (C=O) groups excluding carboxylic acids is 1. The van der Waals surface area contributed by atoms with Gasteiger partial charge >= 0.3 is 5.97 Å². The number of hydrogen-bond acceptors (Lipinski definition) is 6. The van der Waals surface area contributed by atoms with Crippen molar-refractivity contribution in [3.8, 4) is 0 Å². The van der Waals surface area contributed by atoms with Crippen molar-refractivity contribution in [3.63, 3.8) is 0 Å². The molecule has 2 bridgehead atoms. The SMILES string of the molecule is C[C@@H]1[C@H]2C[C@H](C[C@H]1OC(=O)c1ccnc(S(C)(=O)=O)n1)C2(C)C. The van der Waals surface area contributed by atoms with Gasteiger partial charge in [-0.2, -0.15) is 0 Å². The molecule has 3 aliphatic carbocycles. The molecule has 0 saturated heterocycles. The second kappa shape index (κ2) is 5.26. The molecule has 6 nitrogen and oxygen atoms in total. The van der Waals surface area contributed by atoms with E-state index >= 15 is 0 Å². The van der Waals surface area contributed by atoms with Gasteiger partial charge in [0.15, 0.2) is 5.69 Å². The molecule has 4 atom stereocenters.